The number of nitrogens with one attached hydrogen (secondary N) is 2. The molecule has 2 atom stereocenters. The lowest BCUT2D eigenvalue weighted by atomic mass is 10.1. The van der Waals surface area contributed by atoms with Gasteiger partial charge in [-0.15, -0.1) is 0 Å². The molecule has 0 aromatic heterocycles. The van der Waals surface area contributed by atoms with Gasteiger partial charge in [0.25, 0.3) is 0 Å². The minimum Gasteiger partial charge on any atom is -0.356 e. The van der Waals surface area contributed by atoms with Crippen LogP contribution in [0.5, 0.6) is 0 Å². The van der Waals surface area contributed by atoms with E-state index in [2.05, 4.69) is 5.32 Å². The summed E-state index contributed by atoms with van der Waals surface area (Å²) < 4.78 is 55.2. The number of halogens is 4. The molecular weight excluding hydrogens is 332 g/mol. The maximum Gasteiger partial charge on any atom is 0.354 e. The monoisotopic (exact) mass is 354 g/mol. The van der Waals surface area contributed by atoms with Crippen molar-refractivity contribution >= 4 is 11.4 Å². The van der Waals surface area contributed by atoms with Crippen LogP contribution < -0.4 is 10.6 Å². The molecule has 2 N–H and O–H groups in total. The van der Waals surface area contributed by atoms with E-state index in [0.29, 0.717) is 12.1 Å². The summed E-state index contributed by atoms with van der Waals surface area (Å²) in [5.74, 6) is 0. The Morgan fingerprint density at radius 2 is 1.28 bits per heavy atom. The third kappa shape index (κ3) is 6.64. The van der Waals surface area contributed by atoms with E-state index in [0.717, 1.165) is 0 Å². The molecule has 2 rings (SSSR count). The fraction of sp³-hybridized carbons (Fsp3) is 0.368. The van der Waals surface area contributed by atoms with Crippen LogP contribution in [-0.2, 0) is 0 Å². The quantitative estimate of drug-likeness (QED) is 0.311. The molecule has 0 aliphatic heterocycles. The smallest absolute Gasteiger partial charge is 0.354 e. The Labute approximate surface area is 145 Å². The molecule has 0 radical (unpaired) electrons. The first-order valence-corrected chi connectivity index (χ1v) is 8.28. The van der Waals surface area contributed by atoms with Gasteiger partial charge < -0.3 is 10.6 Å². The average molecular weight is 354 g/mol. The molecule has 0 fully saturated rings. The summed E-state index contributed by atoms with van der Waals surface area (Å²) in [7, 11) is 0. The fourth-order valence-corrected chi connectivity index (χ4v) is 2.41. The Morgan fingerprint density at radius 3 is 1.88 bits per heavy atom. The third-order valence-electron chi connectivity index (χ3n) is 3.74. The van der Waals surface area contributed by atoms with Gasteiger partial charge in [0.2, 0.25) is 0 Å². The molecule has 2 aromatic carbocycles. The maximum atomic E-state index is 13.8. The summed E-state index contributed by atoms with van der Waals surface area (Å²) >= 11 is 0. The lowest BCUT2D eigenvalue weighted by Gasteiger charge is -2.23. The highest BCUT2D eigenvalue weighted by atomic mass is 19.3. The predicted octanol–water partition coefficient (Wildman–Crippen LogP) is 6.00. The van der Waals surface area contributed by atoms with E-state index in [1.807, 2.05) is 11.4 Å². The number of hydrogen-bond acceptors (Lipinski definition) is 2. The molecule has 0 saturated carbocycles. The van der Waals surface area contributed by atoms with Gasteiger partial charge in [-0.1, -0.05) is 42.8 Å². The highest BCUT2D eigenvalue weighted by Crippen LogP contribution is 2.28. The Bertz CT molecular complexity index is 607. The van der Waals surface area contributed by atoms with Gasteiger partial charge in [-0.3, -0.25) is 0 Å². The second-order valence-electron chi connectivity index (χ2n) is 5.84. The van der Waals surface area contributed by atoms with Crippen LogP contribution in [0.1, 0.15) is 25.7 Å². The zero-order chi connectivity index (χ0) is 18.1. The molecule has 2 unspecified atom stereocenters. The van der Waals surface area contributed by atoms with Crippen molar-refractivity contribution in [3.05, 3.63) is 60.7 Å². The normalized spacial score (nSPS) is 13.9. The van der Waals surface area contributed by atoms with Crippen molar-refractivity contribution in [3.63, 3.8) is 0 Å². The molecule has 0 bridgehead atoms. The highest BCUT2D eigenvalue weighted by Gasteiger charge is 2.39. The lowest BCUT2D eigenvalue weighted by Crippen LogP contribution is -2.38. The SMILES string of the molecule is FC(CCCCC(F)C(F)(F)Nc1ccccc1)Nc1ccccc1. The fourth-order valence-electron chi connectivity index (χ4n) is 2.41. The van der Waals surface area contributed by atoms with Crippen LogP contribution in [0.25, 0.3) is 0 Å². The number of benzene rings is 2. The predicted molar refractivity (Wildman–Crippen MR) is 93.3 cm³/mol. The second kappa shape index (κ2) is 9.30. The van der Waals surface area contributed by atoms with Crippen LogP contribution in [-0.4, -0.2) is 18.5 Å². The molecular formula is C19H22F4N2. The molecule has 6 heteroatoms. The first-order chi connectivity index (χ1) is 12.0. The molecule has 0 spiro atoms. The number of alkyl halides is 4. The first kappa shape index (κ1) is 19.1. The van der Waals surface area contributed by atoms with Gasteiger partial charge in [0, 0.05) is 11.4 Å². The molecule has 0 aliphatic rings. The van der Waals surface area contributed by atoms with E-state index in [1.54, 1.807) is 42.5 Å². The van der Waals surface area contributed by atoms with E-state index in [-0.39, 0.29) is 24.9 Å². The van der Waals surface area contributed by atoms with Gasteiger partial charge in [-0.05, 0) is 43.5 Å². The number of unbranched alkanes of at least 4 members (excludes halogenated alkanes) is 1. The standard InChI is InChI=1S/C19H22F4N2/c20-17(19(22,23)25-16-11-5-2-6-12-16)13-7-8-14-18(21)24-15-9-3-1-4-10-15/h1-6,9-12,17-18,24-25H,7-8,13-14H2. The van der Waals surface area contributed by atoms with Crippen molar-refractivity contribution in [2.45, 2.75) is 44.2 Å². The number of hydrogen-bond donors (Lipinski definition) is 2. The Hall–Kier alpha value is -2.24. The van der Waals surface area contributed by atoms with Crippen LogP contribution in [0.15, 0.2) is 60.7 Å². The van der Waals surface area contributed by atoms with Crippen molar-refractivity contribution in [2.75, 3.05) is 10.6 Å². The number of rotatable bonds is 10. The largest absolute Gasteiger partial charge is 0.356 e. The molecule has 136 valence electrons. The molecule has 2 aromatic rings. The van der Waals surface area contributed by atoms with Gasteiger partial charge in [0.15, 0.2) is 12.5 Å². The summed E-state index contributed by atoms with van der Waals surface area (Å²) in [4.78, 5) is 0. The first-order valence-electron chi connectivity index (χ1n) is 8.28. The summed E-state index contributed by atoms with van der Waals surface area (Å²) in [5.41, 5.74) is 0.808. The molecule has 0 saturated heterocycles. The molecule has 0 heterocycles. The highest BCUT2D eigenvalue weighted by molar-refractivity contribution is 5.44. The van der Waals surface area contributed by atoms with E-state index in [9.17, 15) is 17.6 Å². The zero-order valence-electron chi connectivity index (χ0n) is 13.8. The van der Waals surface area contributed by atoms with Crippen molar-refractivity contribution in [2.24, 2.45) is 0 Å². The third-order valence-corrected chi connectivity index (χ3v) is 3.74. The second-order valence-corrected chi connectivity index (χ2v) is 5.84. The Balaban J connectivity index is 1.68. The van der Waals surface area contributed by atoms with Crippen molar-refractivity contribution in [1.29, 1.82) is 0 Å². The topological polar surface area (TPSA) is 24.1 Å². The summed E-state index contributed by atoms with van der Waals surface area (Å²) in [5, 5.41) is 4.58. The van der Waals surface area contributed by atoms with Crippen LogP contribution in [0.3, 0.4) is 0 Å². The summed E-state index contributed by atoms with van der Waals surface area (Å²) in [6.45, 7) is 0. The van der Waals surface area contributed by atoms with Crippen LogP contribution in [0.2, 0.25) is 0 Å². The van der Waals surface area contributed by atoms with Gasteiger partial charge in [-0.2, -0.15) is 8.78 Å². The van der Waals surface area contributed by atoms with E-state index < -0.39 is 18.5 Å². The minimum atomic E-state index is -3.65. The molecule has 2 nitrogen and oxygen atoms in total. The average Bonchev–Trinajstić information content (AvgIpc) is 2.60. The Morgan fingerprint density at radius 1 is 0.760 bits per heavy atom. The lowest BCUT2D eigenvalue weighted by molar-refractivity contribution is -0.0497. The van der Waals surface area contributed by atoms with E-state index in [4.69, 9.17) is 0 Å². The van der Waals surface area contributed by atoms with Gasteiger partial charge >= 0.3 is 6.05 Å². The van der Waals surface area contributed by atoms with Crippen LogP contribution >= 0.6 is 0 Å². The van der Waals surface area contributed by atoms with Crippen LogP contribution in [0, 0.1) is 0 Å². The number of para-hydroxylation sites is 2. The summed E-state index contributed by atoms with van der Waals surface area (Å²) in [6.07, 6.45) is -3.30. The zero-order valence-corrected chi connectivity index (χ0v) is 13.8. The van der Waals surface area contributed by atoms with E-state index >= 15 is 0 Å². The molecule has 25 heavy (non-hydrogen) atoms. The van der Waals surface area contributed by atoms with Gasteiger partial charge in [-0.25, -0.2) is 8.78 Å². The van der Waals surface area contributed by atoms with Crippen molar-refractivity contribution < 1.29 is 17.6 Å². The number of anilines is 2. The van der Waals surface area contributed by atoms with Gasteiger partial charge in [0.05, 0.1) is 0 Å². The summed E-state index contributed by atoms with van der Waals surface area (Å²) in [6, 6.07) is 13.0. The maximum absolute atomic E-state index is 13.8. The van der Waals surface area contributed by atoms with Crippen molar-refractivity contribution in [1.82, 2.24) is 0 Å². The minimum absolute atomic E-state index is 0.138. The van der Waals surface area contributed by atoms with E-state index in [1.165, 1.54) is 12.1 Å². The van der Waals surface area contributed by atoms with Crippen molar-refractivity contribution in [3.8, 4) is 0 Å². The Kier molecular flexibility index (Phi) is 7.10. The molecule has 0 aliphatic carbocycles. The van der Waals surface area contributed by atoms with Gasteiger partial charge in [0.1, 0.15) is 0 Å². The molecule has 0 amide bonds. The van der Waals surface area contributed by atoms with Crippen LogP contribution in [0.4, 0.5) is 28.9 Å².